The molecule has 0 amide bonds. The molecule has 1 heterocycles. The number of allylic oxidation sites excluding steroid dienone is 3. The van der Waals surface area contributed by atoms with Crippen LogP contribution in [0.3, 0.4) is 0 Å². The van der Waals surface area contributed by atoms with Gasteiger partial charge in [0.1, 0.15) is 6.67 Å². The van der Waals surface area contributed by atoms with E-state index in [1.807, 2.05) is 12.3 Å². The molecule has 3 heteroatoms. The van der Waals surface area contributed by atoms with Gasteiger partial charge in [-0.15, -0.1) is 0 Å². The summed E-state index contributed by atoms with van der Waals surface area (Å²) in [5.41, 5.74) is 9.28. The lowest BCUT2D eigenvalue weighted by Crippen LogP contribution is -2.31. The van der Waals surface area contributed by atoms with E-state index in [1.54, 1.807) is 0 Å². The van der Waals surface area contributed by atoms with Crippen LogP contribution < -0.4 is 11.1 Å². The van der Waals surface area contributed by atoms with Crippen molar-refractivity contribution in [3.63, 3.8) is 0 Å². The average Bonchev–Trinajstić information content (AvgIpc) is 2.06. The van der Waals surface area contributed by atoms with Crippen molar-refractivity contribution in [2.75, 3.05) is 6.67 Å². The van der Waals surface area contributed by atoms with Crippen molar-refractivity contribution in [1.82, 2.24) is 5.32 Å². The molecule has 0 aromatic heterocycles. The Morgan fingerprint density at radius 2 is 2.31 bits per heavy atom. The molecule has 70 valence electrons. The van der Waals surface area contributed by atoms with Crippen molar-refractivity contribution >= 4 is 5.71 Å². The third-order valence-corrected chi connectivity index (χ3v) is 2.65. The number of fused-ring (bicyclic) bond motifs is 1. The minimum Gasteiger partial charge on any atom is -0.402 e. The van der Waals surface area contributed by atoms with E-state index in [1.165, 1.54) is 5.57 Å². The van der Waals surface area contributed by atoms with Crippen LogP contribution in [0.4, 0.5) is 0 Å². The van der Waals surface area contributed by atoms with Crippen molar-refractivity contribution in [2.24, 2.45) is 16.1 Å². The van der Waals surface area contributed by atoms with Crippen LogP contribution in [0.2, 0.25) is 0 Å². The van der Waals surface area contributed by atoms with Gasteiger partial charge in [-0.25, -0.2) is 0 Å². The largest absolute Gasteiger partial charge is 0.402 e. The Balaban J connectivity index is 2.42. The van der Waals surface area contributed by atoms with Crippen LogP contribution in [-0.2, 0) is 0 Å². The molecule has 2 rings (SSSR count). The summed E-state index contributed by atoms with van der Waals surface area (Å²) >= 11 is 0. The third-order valence-electron chi connectivity index (χ3n) is 2.65. The SMILES string of the molecule is CC1(C)CC2=CNCN=C2C=C1N. The molecule has 0 bridgehead atoms. The molecule has 2 aliphatic rings. The number of nitrogens with zero attached hydrogens (tertiary/aromatic N) is 1. The summed E-state index contributed by atoms with van der Waals surface area (Å²) in [6.45, 7) is 4.99. The van der Waals surface area contributed by atoms with Crippen LogP contribution in [0.25, 0.3) is 0 Å². The average molecular weight is 177 g/mol. The van der Waals surface area contributed by atoms with E-state index in [4.69, 9.17) is 5.73 Å². The molecule has 0 saturated carbocycles. The minimum atomic E-state index is 0.0733. The number of rotatable bonds is 0. The van der Waals surface area contributed by atoms with Crippen molar-refractivity contribution < 1.29 is 0 Å². The zero-order chi connectivity index (χ0) is 9.47. The molecule has 0 radical (unpaired) electrons. The van der Waals surface area contributed by atoms with Crippen LogP contribution in [0, 0.1) is 5.41 Å². The van der Waals surface area contributed by atoms with E-state index >= 15 is 0 Å². The van der Waals surface area contributed by atoms with Gasteiger partial charge in [0.05, 0.1) is 5.71 Å². The van der Waals surface area contributed by atoms with Gasteiger partial charge >= 0.3 is 0 Å². The number of nitrogens with one attached hydrogen (secondary N) is 1. The fraction of sp³-hybridized carbons (Fsp3) is 0.500. The second kappa shape index (κ2) is 2.62. The van der Waals surface area contributed by atoms with Crippen molar-refractivity contribution in [1.29, 1.82) is 0 Å². The van der Waals surface area contributed by atoms with Gasteiger partial charge in [0.15, 0.2) is 0 Å². The zero-order valence-electron chi connectivity index (χ0n) is 8.09. The lowest BCUT2D eigenvalue weighted by Gasteiger charge is -2.32. The first-order chi connectivity index (χ1) is 6.09. The number of hydrogen-bond donors (Lipinski definition) is 2. The van der Waals surface area contributed by atoms with Crippen molar-refractivity contribution in [3.8, 4) is 0 Å². The summed E-state index contributed by atoms with van der Waals surface area (Å²) < 4.78 is 0. The molecule has 3 nitrogen and oxygen atoms in total. The van der Waals surface area contributed by atoms with Gasteiger partial charge in [0, 0.05) is 17.3 Å². The number of aliphatic imine (C=N–C) groups is 1. The first kappa shape index (κ1) is 8.35. The van der Waals surface area contributed by atoms with E-state index in [-0.39, 0.29) is 5.41 Å². The first-order valence-electron chi connectivity index (χ1n) is 4.54. The van der Waals surface area contributed by atoms with Gasteiger partial charge in [-0.05, 0) is 18.1 Å². The second-order valence-corrected chi connectivity index (χ2v) is 4.24. The predicted molar refractivity (Wildman–Crippen MR) is 54.2 cm³/mol. The van der Waals surface area contributed by atoms with Gasteiger partial charge in [-0.2, -0.15) is 0 Å². The molecule has 0 aromatic carbocycles. The Labute approximate surface area is 78.4 Å². The van der Waals surface area contributed by atoms with E-state index < -0.39 is 0 Å². The van der Waals surface area contributed by atoms with Crippen LogP contribution in [-0.4, -0.2) is 12.4 Å². The summed E-state index contributed by atoms with van der Waals surface area (Å²) in [6, 6.07) is 0. The highest BCUT2D eigenvalue weighted by Crippen LogP contribution is 2.35. The van der Waals surface area contributed by atoms with Crippen LogP contribution in [0.5, 0.6) is 0 Å². The Morgan fingerprint density at radius 1 is 1.54 bits per heavy atom. The third kappa shape index (κ3) is 1.34. The molecule has 3 N–H and O–H groups in total. The highest BCUT2D eigenvalue weighted by Gasteiger charge is 2.29. The summed E-state index contributed by atoms with van der Waals surface area (Å²) in [5, 5.41) is 3.12. The number of nitrogens with two attached hydrogens (primary N) is 1. The van der Waals surface area contributed by atoms with Gasteiger partial charge in [0.2, 0.25) is 0 Å². The fourth-order valence-corrected chi connectivity index (χ4v) is 1.68. The summed E-state index contributed by atoms with van der Waals surface area (Å²) in [5.74, 6) is 0. The Bertz CT molecular complexity index is 321. The molecule has 0 aromatic rings. The number of hydrogen-bond acceptors (Lipinski definition) is 3. The van der Waals surface area contributed by atoms with Crippen LogP contribution in [0.15, 0.2) is 28.5 Å². The molecule has 0 fully saturated rings. The molecule has 1 aliphatic carbocycles. The van der Waals surface area contributed by atoms with Gasteiger partial charge < -0.3 is 11.1 Å². The van der Waals surface area contributed by atoms with Crippen molar-refractivity contribution in [2.45, 2.75) is 20.3 Å². The Hall–Kier alpha value is -1.25. The second-order valence-electron chi connectivity index (χ2n) is 4.24. The molecule has 0 spiro atoms. The molecule has 13 heavy (non-hydrogen) atoms. The van der Waals surface area contributed by atoms with Crippen molar-refractivity contribution in [3.05, 3.63) is 23.5 Å². The quantitative estimate of drug-likeness (QED) is 0.583. The molecule has 0 unspecified atom stereocenters. The monoisotopic (exact) mass is 177 g/mol. The summed E-state index contributed by atoms with van der Waals surface area (Å²) in [4.78, 5) is 4.35. The first-order valence-corrected chi connectivity index (χ1v) is 4.54. The highest BCUT2D eigenvalue weighted by molar-refractivity contribution is 6.10. The van der Waals surface area contributed by atoms with E-state index in [0.29, 0.717) is 6.67 Å². The maximum Gasteiger partial charge on any atom is 0.108 e. The fourth-order valence-electron chi connectivity index (χ4n) is 1.68. The van der Waals surface area contributed by atoms with E-state index in [0.717, 1.165) is 17.8 Å². The lowest BCUT2D eigenvalue weighted by atomic mass is 9.77. The zero-order valence-corrected chi connectivity index (χ0v) is 8.09. The summed E-state index contributed by atoms with van der Waals surface area (Å²) in [6.07, 6.45) is 5.02. The summed E-state index contributed by atoms with van der Waals surface area (Å²) in [7, 11) is 0. The van der Waals surface area contributed by atoms with E-state index in [9.17, 15) is 0 Å². The molecular weight excluding hydrogens is 162 g/mol. The highest BCUT2D eigenvalue weighted by atomic mass is 15.0. The van der Waals surface area contributed by atoms with Crippen LogP contribution in [0.1, 0.15) is 20.3 Å². The van der Waals surface area contributed by atoms with E-state index in [2.05, 4.69) is 24.2 Å². The topological polar surface area (TPSA) is 50.4 Å². The predicted octanol–water partition coefficient (Wildman–Crippen LogP) is 1.14. The molecule has 0 atom stereocenters. The maximum atomic E-state index is 5.95. The normalized spacial score (nSPS) is 24.9. The van der Waals surface area contributed by atoms with Gasteiger partial charge in [-0.1, -0.05) is 13.8 Å². The smallest absolute Gasteiger partial charge is 0.108 e. The molecule has 1 aliphatic heterocycles. The Morgan fingerprint density at radius 3 is 3.08 bits per heavy atom. The standard InChI is InChI=1S/C10H15N3/c1-10(2)4-7-5-12-6-13-8(7)3-9(10)11/h3,5,12H,4,6,11H2,1-2H3. The van der Waals surface area contributed by atoms with Crippen LogP contribution >= 0.6 is 0 Å². The van der Waals surface area contributed by atoms with Gasteiger partial charge in [-0.3, -0.25) is 4.99 Å². The lowest BCUT2D eigenvalue weighted by molar-refractivity contribution is 0.435. The Kier molecular flexibility index (Phi) is 1.68. The van der Waals surface area contributed by atoms with Gasteiger partial charge in [0.25, 0.3) is 0 Å². The minimum absolute atomic E-state index is 0.0733. The molecular formula is C10H15N3. The molecule has 0 saturated heterocycles. The maximum absolute atomic E-state index is 5.95.